The Bertz CT molecular complexity index is 1450. The van der Waals surface area contributed by atoms with Crippen molar-refractivity contribution >= 4 is 34.8 Å². The van der Waals surface area contributed by atoms with Crippen molar-refractivity contribution in [3.63, 3.8) is 0 Å². The Morgan fingerprint density at radius 1 is 0.478 bits per heavy atom. The molecule has 0 aromatic heterocycles. The van der Waals surface area contributed by atoms with E-state index in [1.165, 1.54) is 0 Å². The van der Waals surface area contributed by atoms with Crippen LogP contribution in [0.2, 0.25) is 0 Å². The Balaban J connectivity index is 1.60. The van der Waals surface area contributed by atoms with Crippen LogP contribution in [-0.4, -0.2) is 38.2 Å². The number of benzene rings is 4. The van der Waals surface area contributed by atoms with Crippen LogP contribution in [0.15, 0.2) is 97.1 Å². The average Bonchev–Trinajstić information content (AvgIpc) is 3.07. The molecule has 0 aliphatic heterocycles. The lowest BCUT2D eigenvalue weighted by molar-refractivity contribution is 0.250. The molecule has 46 heavy (non-hydrogen) atoms. The fourth-order valence-electron chi connectivity index (χ4n) is 5.90. The van der Waals surface area contributed by atoms with E-state index in [4.69, 9.17) is 0 Å². The molecule has 6 heteroatoms. The van der Waals surface area contributed by atoms with Crippen molar-refractivity contribution in [3.8, 4) is 11.1 Å². The molecule has 0 saturated carbocycles. The van der Waals surface area contributed by atoms with Crippen molar-refractivity contribution in [2.45, 2.75) is 67.2 Å². The minimum Gasteiger partial charge on any atom is -0.294 e. The number of carbonyl (C=O) groups excluding carboxylic acids is 2. The van der Waals surface area contributed by atoms with Gasteiger partial charge in [-0.1, -0.05) is 75.2 Å². The molecule has 0 unspecified atom stereocenters. The molecule has 0 aliphatic carbocycles. The number of unbranched alkanes of at least 4 members (excludes halogenated alkanes) is 2. The predicted molar refractivity (Wildman–Crippen MR) is 196 cm³/mol. The Hall–Kier alpha value is -4.58. The highest BCUT2D eigenvalue weighted by Crippen LogP contribution is 2.33. The molecule has 0 N–H and O–H groups in total. The third-order valence-corrected chi connectivity index (χ3v) is 8.50. The smallest absolute Gasteiger partial charge is 0.294 e. The third-order valence-electron chi connectivity index (χ3n) is 8.50. The van der Waals surface area contributed by atoms with Crippen molar-refractivity contribution in [2.24, 2.45) is 0 Å². The van der Waals surface area contributed by atoms with Gasteiger partial charge >= 0.3 is 12.1 Å². The maximum absolute atomic E-state index is 13.9. The molecule has 0 radical (unpaired) electrons. The van der Waals surface area contributed by atoms with Crippen LogP contribution in [0.4, 0.5) is 32.3 Å². The van der Waals surface area contributed by atoms with Crippen LogP contribution < -0.4 is 19.6 Å². The third kappa shape index (κ3) is 7.97. The average molecular weight is 619 g/mol. The number of hydrogen-bond donors (Lipinski definition) is 0. The van der Waals surface area contributed by atoms with E-state index in [9.17, 15) is 9.59 Å². The number of anilines is 4. The quantitative estimate of drug-likeness (QED) is 0.150. The lowest BCUT2D eigenvalue weighted by atomic mass is 9.95. The highest BCUT2D eigenvalue weighted by atomic mass is 16.2. The Kier molecular flexibility index (Phi) is 12.4. The predicted octanol–water partition coefficient (Wildman–Crippen LogP) is 10.5. The maximum Gasteiger partial charge on any atom is 0.328 e. The fourth-order valence-corrected chi connectivity index (χ4v) is 5.90. The molecule has 0 spiro atoms. The molecule has 4 amide bonds. The van der Waals surface area contributed by atoms with E-state index >= 15 is 0 Å². The standard InChI is InChI=1S/C40H50N4O2/c1-7-11-27-43(33-19-15-13-16-20-33)39(45)41(9-3)35-23-25-37(31(5)29-35)38-26-24-36(30-32(38)6)42(10-4)40(46)44(28-12-8-2)34-21-17-14-18-22-34/h13-26,29-30H,7-12,27-28H2,1-6H3. The number of aryl methyl sites for hydroxylation is 2. The van der Waals surface area contributed by atoms with Gasteiger partial charge in [-0.25, -0.2) is 9.59 Å². The van der Waals surface area contributed by atoms with Gasteiger partial charge in [-0.3, -0.25) is 19.6 Å². The Labute approximate surface area is 276 Å². The molecule has 4 aromatic carbocycles. The number of para-hydroxylation sites is 2. The molecule has 0 atom stereocenters. The van der Waals surface area contributed by atoms with Crippen LogP contribution in [0.1, 0.15) is 64.5 Å². The number of carbonyl (C=O) groups is 2. The second-order valence-electron chi connectivity index (χ2n) is 11.7. The van der Waals surface area contributed by atoms with E-state index in [-0.39, 0.29) is 12.1 Å². The van der Waals surface area contributed by atoms with Crippen molar-refractivity contribution in [1.82, 2.24) is 0 Å². The van der Waals surface area contributed by atoms with Crippen LogP contribution in [-0.2, 0) is 0 Å². The van der Waals surface area contributed by atoms with Crippen molar-refractivity contribution in [1.29, 1.82) is 0 Å². The Morgan fingerprint density at radius 3 is 1.15 bits per heavy atom. The van der Waals surface area contributed by atoms with E-state index in [1.807, 2.05) is 106 Å². The normalized spacial score (nSPS) is 10.8. The number of amides is 4. The SMILES string of the molecule is CCCCN(C(=O)N(CC)c1ccc(-c2ccc(N(CC)C(=O)N(CCCC)c3ccccc3)cc2C)c(C)c1)c1ccccc1. The first-order valence-corrected chi connectivity index (χ1v) is 16.8. The van der Waals surface area contributed by atoms with Crippen LogP contribution in [0.3, 0.4) is 0 Å². The summed E-state index contributed by atoms with van der Waals surface area (Å²) in [5.74, 6) is 0. The molecule has 242 valence electrons. The number of nitrogens with zero attached hydrogens (tertiary/aromatic N) is 4. The first-order chi connectivity index (χ1) is 22.3. The molecule has 0 aliphatic rings. The van der Waals surface area contributed by atoms with Gasteiger partial charge in [0.25, 0.3) is 0 Å². The molecular formula is C40H50N4O2. The molecule has 6 nitrogen and oxygen atoms in total. The van der Waals surface area contributed by atoms with Gasteiger partial charge < -0.3 is 0 Å². The second kappa shape index (κ2) is 16.6. The van der Waals surface area contributed by atoms with Gasteiger partial charge in [0, 0.05) is 48.9 Å². The van der Waals surface area contributed by atoms with Gasteiger partial charge in [-0.05, 0) is 111 Å². The first kappa shape index (κ1) is 34.3. The van der Waals surface area contributed by atoms with E-state index in [0.717, 1.165) is 70.7 Å². The molecule has 0 heterocycles. The zero-order valence-electron chi connectivity index (χ0n) is 28.5. The second-order valence-corrected chi connectivity index (χ2v) is 11.7. The van der Waals surface area contributed by atoms with Crippen molar-refractivity contribution < 1.29 is 9.59 Å². The van der Waals surface area contributed by atoms with Crippen LogP contribution in [0.25, 0.3) is 11.1 Å². The summed E-state index contributed by atoms with van der Waals surface area (Å²) in [7, 11) is 0. The topological polar surface area (TPSA) is 47.1 Å². The molecule has 0 saturated heterocycles. The first-order valence-electron chi connectivity index (χ1n) is 16.8. The zero-order valence-corrected chi connectivity index (χ0v) is 28.5. The van der Waals surface area contributed by atoms with E-state index in [1.54, 1.807) is 0 Å². The summed E-state index contributed by atoms with van der Waals surface area (Å²) in [4.78, 5) is 35.3. The monoisotopic (exact) mass is 618 g/mol. The van der Waals surface area contributed by atoms with Gasteiger partial charge in [0.05, 0.1) is 0 Å². The number of rotatable bonds is 13. The summed E-state index contributed by atoms with van der Waals surface area (Å²) in [6.45, 7) is 15.0. The summed E-state index contributed by atoms with van der Waals surface area (Å²) >= 11 is 0. The molecule has 4 aromatic rings. The summed E-state index contributed by atoms with van der Waals surface area (Å²) < 4.78 is 0. The Morgan fingerprint density at radius 2 is 0.848 bits per heavy atom. The number of urea groups is 2. The lowest BCUT2D eigenvalue weighted by Crippen LogP contribution is -2.44. The fraction of sp³-hybridized carbons (Fsp3) is 0.350. The van der Waals surface area contributed by atoms with Gasteiger partial charge in [-0.15, -0.1) is 0 Å². The van der Waals surface area contributed by atoms with Crippen LogP contribution in [0.5, 0.6) is 0 Å². The van der Waals surface area contributed by atoms with Crippen LogP contribution >= 0.6 is 0 Å². The van der Waals surface area contributed by atoms with Crippen molar-refractivity contribution in [2.75, 3.05) is 45.8 Å². The highest BCUT2D eigenvalue weighted by molar-refractivity contribution is 6.04. The summed E-state index contributed by atoms with van der Waals surface area (Å²) in [6.07, 6.45) is 3.91. The van der Waals surface area contributed by atoms with Gasteiger partial charge in [0.1, 0.15) is 0 Å². The molecular weight excluding hydrogens is 568 g/mol. The largest absolute Gasteiger partial charge is 0.328 e. The summed E-state index contributed by atoms with van der Waals surface area (Å²) in [6, 6.07) is 32.4. The highest BCUT2D eigenvalue weighted by Gasteiger charge is 2.25. The van der Waals surface area contributed by atoms with E-state index < -0.39 is 0 Å². The maximum atomic E-state index is 13.9. The van der Waals surface area contributed by atoms with Gasteiger partial charge in [-0.2, -0.15) is 0 Å². The molecule has 4 rings (SSSR count). The van der Waals surface area contributed by atoms with Gasteiger partial charge in [0.2, 0.25) is 0 Å². The molecule has 0 bridgehead atoms. The van der Waals surface area contributed by atoms with E-state index in [0.29, 0.717) is 26.2 Å². The van der Waals surface area contributed by atoms with Gasteiger partial charge in [0.15, 0.2) is 0 Å². The minimum absolute atomic E-state index is 0.0114. The molecule has 0 fully saturated rings. The zero-order chi connectivity index (χ0) is 33.1. The summed E-state index contributed by atoms with van der Waals surface area (Å²) in [5, 5.41) is 0. The van der Waals surface area contributed by atoms with Crippen molar-refractivity contribution in [3.05, 3.63) is 108 Å². The number of hydrogen-bond acceptors (Lipinski definition) is 2. The summed E-state index contributed by atoms with van der Waals surface area (Å²) in [5.41, 5.74) is 8.03. The minimum atomic E-state index is -0.0114. The van der Waals surface area contributed by atoms with E-state index in [2.05, 4.69) is 52.0 Å². The van der Waals surface area contributed by atoms with Crippen LogP contribution in [0, 0.1) is 13.8 Å². The lowest BCUT2D eigenvalue weighted by Gasteiger charge is -2.31.